The van der Waals surface area contributed by atoms with Crippen molar-refractivity contribution in [1.82, 2.24) is 15.6 Å². The first-order valence-electron chi connectivity index (χ1n) is 7.31. The van der Waals surface area contributed by atoms with Crippen LogP contribution in [-0.4, -0.2) is 29.0 Å². The van der Waals surface area contributed by atoms with E-state index in [4.69, 9.17) is 0 Å². The number of nitrogens with zero attached hydrogens (tertiary/aromatic N) is 1. The summed E-state index contributed by atoms with van der Waals surface area (Å²) in [4.78, 5) is 16.7. The van der Waals surface area contributed by atoms with E-state index in [1.807, 2.05) is 18.2 Å². The monoisotopic (exact) mass is 393 g/mol. The van der Waals surface area contributed by atoms with E-state index >= 15 is 0 Å². The highest BCUT2D eigenvalue weighted by Gasteiger charge is 2.39. The summed E-state index contributed by atoms with van der Waals surface area (Å²) in [6.07, 6.45) is 5.23. The molecule has 1 aromatic heterocycles. The van der Waals surface area contributed by atoms with Crippen molar-refractivity contribution in [1.29, 1.82) is 0 Å². The summed E-state index contributed by atoms with van der Waals surface area (Å²) in [5, 5.41) is 8.80. The third-order valence-corrected chi connectivity index (χ3v) is 5.20. The maximum absolute atomic E-state index is 12.4. The Hall–Kier alpha value is -1.21. The number of rotatable bonds is 2. The molecule has 0 saturated carbocycles. The van der Waals surface area contributed by atoms with Crippen LogP contribution in [0.15, 0.2) is 30.5 Å². The van der Waals surface area contributed by atoms with Crippen LogP contribution in [0.5, 0.6) is 0 Å². The standard InChI is InChI=1S/C16H16IN3O/c17-11-2-1-9-8-18-15(6-10(9)5-11)16(21)20-14-7-12-3-4-13(14)19-12/h1-2,5-6,8,12-14,19H,3-4,7H2,(H,20,21)/t12-,13+,14-/m1/s1. The first-order chi connectivity index (χ1) is 10.2. The lowest BCUT2D eigenvalue weighted by Crippen LogP contribution is -2.43. The van der Waals surface area contributed by atoms with Gasteiger partial charge in [-0.25, -0.2) is 0 Å². The summed E-state index contributed by atoms with van der Waals surface area (Å²) in [6.45, 7) is 0. The van der Waals surface area contributed by atoms with Crippen LogP contribution in [0.3, 0.4) is 0 Å². The van der Waals surface area contributed by atoms with Crippen molar-refractivity contribution >= 4 is 39.3 Å². The molecule has 108 valence electrons. The first kappa shape index (κ1) is 13.5. The molecule has 2 aliphatic heterocycles. The number of halogens is 1. The van der Waals surface area contributed by atoms with Gasteiger partial charge in [-0.15, -0.1) is 0 Å². The smallest absolute Gasteiger partial charge is 0.270 e. The van der Waals surface area contributed by atoms with Crippen LogP contribution in [0.4, 0.5) is 0 Å². The molecule has 5 heteroatoms. The molecule has 0 unspecified atom stereocenters. The fourth-order valence-electron chi connectivity index (χ4n) is 3.46. The third kappa shape index (κ3) is 2.53. The van der Waals surface area contributed by atoms with E-state index in [-0.39, 0.29) is 11.9 Å². The summed E-state index contributed by atoms with van der Waals surface area (Å²) >= 11 is 2.28. The molecule has 1 amide bonds. The van der Waals surface area contributed by atoms with Gasteiger partial charge in [-0.3, -0.25) is 9.78 Å². The fourth-order valence-corrected chi connectivity index (χ4v) is 3.98. The van der Waals surface area contributed by atoms with E-state index in [9.17, 15) is 4.79 Å². The number of amides is 1. The van der Waals surface area contributed by atoms with E-state index in [1.165, 1.54) is 12.8 Å². The highest BCUT2D eigenvalue weighted by molar-refractivity contribution is 14.1. The highest BCUT2D eigenvalue weighted by atomic mass is 127. The summed E-state index contributed by atoms with van der Waals surface area (Å²) in [5.41, 5.74) is 0.507. The quantitative estimate of drug-likeness (QED) is 0.771. The number of carbonyl (C=O) groups is 1. The maximum Gasteiger partial charge on any atom is 0.270 e. The van der Waals surface area contributed by atoms with Crippen molar-refractivity contribution in [2.24, 2.45) is 0 Å². The Kier molecular flexibility index (Phi) is 3.34. The Morgan fingerprint density at radius 2 is 2.19 bits per heavy atom. The largest absolute Gasteiger partial charge is 0.346 e. The predicted octanol–water partition coefficient (Wildman–Crippen LogP) is 2.46. The topological polar surface area (TPSA) is 54.0 Å². The molecule has 3 heterocycles. The Morgan fingerprint density at radius 3 is 2.95 bits per heavy atom. The molecule has 4 rings (SSSR count). The zero-order valence-electron chi connectivity index (χ0n) is 11.5. The summed E-state index contributed by atoms with van der Waals surface area (Å²) in [6, 6.07) is 9.33. The lowest BCUT2D eigenvalue weighted by Gasteiger charge is -2.21. The molecule has 2 N–H and O–H groups in total. The number of hydrogen-bond acceptors (Lipinski definition) is 3. The van der Waals surface area contributed by atoms with Crippen molar-refractivity contribution in [3.63, 3.8) is 0 Å². The van der Waals surface area contributed by atoms with Gasteiger partial charge in [0, 0.05) is 33.3 Å². The van der Waals surface area contributed by atoms with Gasteiger partial charge in [-0.2, -0.15) is 0 Å². The van der Waals surface area contributed by atoms with Gasteiger partial charge in [0.15, 0.2) is 0 Å². The fraction of sp³-hybridized carbons (Fsp3) is 0.375. The van der Waals surface area contributed by atoms with E-state index in [1.54, 1.807) is 6.20 Å². The van der Waals surface area contributed by atoms with E-state index in [0.29, 0.717) is 17.8 Å². The molecule has 0 spiro atoms. The first-order valence-corrected chi connectivity index (χ1v) is 8.39. The van der Waals surface area contributed by atoms with E-state index < -0.39 is 0 Å². The maximum atomic E-state index is 12.4. The third-order valence-electron chi connectivity index (χ3n) is 4.53. The lowest BCUT2D eigenvalue weighted by atomic mass is 9.95. The van der Waals surface area contributed by atoms with Crippen molar-refractivity contribution in [3.05, 3.63) is 39.7 Å². The molecule has 3 atom stereocenters. The minimum absolute atomic E-state index is 0.0601. The molecular weight excluding hydrogens is 377 g/mol. The van der Waals surface area contributed by atoms with Gasteiger partial charge in [0.05, 0.1) is 0 Å². The van der Waals surface area contributed by atoms with Crippen molar-refractivity contribution < 1.29 is 4.79 Å². The number of carbonyl (C=O) groups excluding carboxylic acids is 1. The van der Waals surface area contributed by atoms with Gasteiger partial charge < -0.3 is 10.6 Å². The lowest BCUT2D eigenvalue weighted by molar-refractivity contribution is 0.0926. The highest BCUT2D eigenvalue weighted by Crippen LogP contribution is 2.28. The molecule has 4 nitrogen and oxygen atoms in total. The van der Waals surface area contributed by atoms with Crippen molar-refractivity contribution in [3.8, 4) is 0 Å². The average Bonchev–Trinajstić information content (AvgIpc) is 3.09. The van der Waals surface area contributed by atoms with Crippen LogP contribution in [-0.2, 0) is 0 Å². The zero-order chi connectivity index (χ0) is 14.4. The zero-order valence-corrected chi connectivity index (χ0v) is 13.6. The number of pyridine rings is 1. The normalized spacial score (nSPS) is 27.2. The molecule has 0 aliphatic carbocycles. The Balaban J connectivity index is 1.56. The minimum Gasteiger partial charge on any atom is -0.346 e. The van der Waals surface area contributed by atoms with Crippen LogP contribution >= 0.6 is 22.6 Å². The second-order valence-corrected chi connectivity index (χ2v) is 7.17. The minimum atomic E-state index is -0.0601. The Bertz CT molecular complexity index is 718. The van der Waals surface area contributed by atoms with Gasteiger partial charge >= 0.3 is 0 Å². The van der Waals surface area contributed by atoms with Crippen LogP contribution < -0.4 is 10.6 Å². The van der Waals surface area contributed by atoms with Gasteiger partial charge in [-0.05, 0) is 65.4 Å². The second kappa shape index (κ2) is 5.21. The predicted molar refractivity (Wildman–Crippen MR) is 90.3 cm³/mol. The molecule has 2 aromatic rings. The van der Waals surface area contributed by atoms with Crippen LogP contribution in [0.25, 0.3) is 10.8 Å². The number of hydrogen-bond donors (Lipinski definition) is 2. The molecule has 1 aromatic carbocycles. The van der Waals surface area contributed by atoms with Gasteiger partial charge in [0.25, 0.3) is 5.91 Å². The average molecular weight is 393 g/mol. The van der Waals surface area contributed by atoms with Gasteiger partial charge in [0.1, 0.15) is 5.69 Å². The summed E-state index contributed by atoms with van der Waals surface area (Å²) in [5.74, 6) is -0.0601. The number of aromatic nitrogens is 1. The number of fused-ring (bicyclic) bond motifs is 3. The van der Waals surface area contributed by atoms with E-state index in [0.717, 1.165) is 20.8 Å². The van der Waals surface area contributed by atoms with Crippen LogP contribution in [0.1, 0.15) is 29.8 Å². The van der Waals surface area contributed by atoms with Crippen molar-refractivity contribution in [2.75, 3.05) is 0 Å². The SMILES string of the molecule is O=C(N[C@@H]1C[C@H]2CC[C@@H]1N2)c1cc2cc(I)ccc2cn1. The molecule has 2 aliphatic rings. The van der Waals surface area contributed by atoms with Crippen LogP contribution in [0.2, 0.25) is 0 Å². The molecule has 0 radical (unpaired) electrons. The Morgan fingerprint density at radius 1 is 1.29 bits per heavy atom. The molecule has 2 bridgehead atoms. The van der Waals surface area contributed by atoms with E-state index in [2.05, 4.69) is 44.3 Å². The molecule has 21 heavy (non-hydrogen) atoms. The number of nitrogens with one attached hydrogen (secondary N) is 2. The van der Waals surface area contributed by atoms with Gasteiger partial charge in [-0.1, -0.05) is 6.07 Å². The molecule has 2 saturated heterocycles. The molecule has 2 fully saturated rings. The van der Waals surface area contributed by atoms with Gasteiger partial charge in [0.2, 0.25) is 0 Å². The second-order valence-electron chi connectivity index (χ2n) is 5.92. The molecular formula is C16H16IN3O. The van der Waals surface area contributed by atoms with Crippen molar-refractivity contribution in [2.45, 2.75) is 37.4 Å². The Labute approximate surface area is 136 Å². The number of benzene rings is 1. The van der Waals surface area contributed by atoms with Crippen LogP contribution in [0, 0.1) is 3.57 Å². The summed E-state index contributed by atoms with van der Waals surface area (Å²) in [7, 11) is 0. The summed E-state index contributed by atoms with van der Waals surface area (Å²) < 4.78 is 1.16.